The Morgan fingerprint density at radius 2 is 2.29 bits per heavy atom. The lowest BCUT2D eigenvalue weighted by Crippen LogP contribution is -2.12. The third kappa shape index (κ3) is 2.68. The Morgan fingerprint density at radius 3 is 2.94 bits per heavy atom. The molecule has 1 aromatic rings. The predicted octanol–water partition coefficient (Wildman–Crippen LogP) is 2.81. The normalized spacial score (nSPS) is 18.2. The summed E-state index contributed by atoms with van der Waals surface area (Å²) in [7, 11) is 0. The van der Waals surface area contributed by atoms with Crippen LogP contribution in [0.25, 0.3) is 0 Å². The van der Waals surface area contributed by atoms with Gasteiger partial charge >= 0.3 is 5.97 Å². The Kier molecular flexibility index (Phi) is 3.82. The Balaban J connectivity index is 2.04. The van der Waals surface area contributed by atoms with E-state index >= 15 is 0 Å². The smallest absolute Gasteiger partial charge is 0.358 e. The summed E-state index contributed by atoms with van der Waals surface area (Å²) in [6.07, 6.45) is 8.78. The quantitative estimate of drug-likeness (QED) is 0.755. The minimum absolute atomic E-state index is 0.329. The van der Waals surface area contributed by atoms with Gasteiger partial charge in [0.1, 0.15) is 0 Å². The van der Waals surface area contributed by atoms with Crippen molar-refractivity contribution in [2.75, 3.05) is 6.61 Å². The fourth-order valence-electron chi connectivity index (χ4n) is 2.55. The van der Waals surface area contributed by atoms with Crippen molar-refractivity contribution >= 4 is 5.97 Å². The fourth-order valence-corrected chi connectivity index (χ4v) is 2.55. The number of hydrogen-bond donors (Lipinski definition) is 0. The molecule has 0 spiro atoms. The average molecular weight is 236 g/mol. The molecule has 0 radical (unpaired) electrons. The second-order valence-electron chi connectivity index (χ2n) is 4.71. The molecule has 0 N–H and O–H groups in total. The lowest BCUT2D eigenvalue weighted by atomic mass is 10.00. The number of nitrogens with zero attached hydrogens (tertiary/aromatic N) is 2. The molecule has 1 heterocycles. The molecule has 4 heteroatoms. The zero-order chi connectivity index (χ0) is 12.3. The van der Waals surface area contributed by atoms with Crippen LogP contribution in [0.2, 0.25) is 0 Å². The summed E-state index contributed by atoms with van der Waals surface area (Å²) in [6, 6.07) is 0.424. The van der Waals surface area contributed by atoms with Crippen LogP contribution in [0.1, 0.15) is 56.1 Å². The highest BCUT2D eigenvalue weighted by Crippen LogP contribution is 2.33. The number of rotatable bonds is 4. The summed E-state index contributed by atoms with van der Waals surface area (Å²) >= 11 is 0. The van der Waals surface area contributed by atoms with Gasteiger partial charge in [-0.15, -0.1) is 0 Å². The molecule has 1 aromatic heterocycles. The topological polar surface area (TPSA) is 44.1 Å². The second kappa shape index (κ2) is 5.34. The van der Waals surface area contributed by atoms with E-state index in [1.54, 1.807) is 19.4 Å². The third-order valence-corrected chi connectivity index (χ3v) is 3.64. The van der Waals surface area contributed by atoms with Crippen LogP contribution < -0.4 is 0 Å². The highest BCUT2D eigenvalue weighted by atomic mass is 16.5. The fraction of sp³-hybridized carbons (Fsp3) is 0.692. The van der Waals surface area contributed by atoms with Crippen molar-refractivity contribution in [2.45, 2.75) is 45.6 Å². The summed E-state index contributed by atoms with van der Waals surface area (Å²) in [5.41, 5.74) is 0.414. The number of carbonyl (C=O) groups is 1. The lowest BCUT2D eigenvalue weighted by Gasteiger charge is -2.19. The molecule has 1 aliphatic carbocycles. The van der Waals surface area contributed by atoms with Crippen molar-refractivity contribution in [2.24, 2.45) is 5.92 Å². The minimum Gasteiger partial charge on any atom is -0.461 e. The summed E-state index contributed by atoms with van der Waals surface area (Å²) in [5.74, 6) is 0.393. The van der Waals surface area contributed by atoms with Gasteiger partial charge in [-0.2, -0.15) is 0 Å². The summed E-state index contributed by atoms with van der Waals surface area (Å²) in [5, 5.41) is 0. The number of esters is 1. The molecule has 0 unspecified atom stereocenters. The molecule has 1 atom stereocenters. The first kappa shape index (κ1) is 12.1. The van der Waals surface area contributed by atoms with Gasteiger partial charge in [-0.25, -0.2) is 9.78 Å². The number of carbonyl (C=O) groups excluding carboxylic acids is 1. The number of hydrogen-bond acceptors (Lipinski definition) is 3. The molecule has 0 aromatic carbocycles. The minimum atomic E-state index is -0.329. The van der Waals surface area contributed by atoms with Crippen LogP contribution in [0.3, 0.4) is 0 Å². The Bertz CT molecular complexity index is 381. The summed E-state index contributed by atoms with van der Waals surface area (Å²) in [4.78, 5) is 15.6. The van der Waals surface area contributed by atoms with Gasteiger partial charge in [-0.1, -0.05) is 12.8 Å². The summed E-state index contributed by atoms with van der Waals surface area (Å²) < 4.78 is 6.98. The lowest BCUT2D eigenvalue weighted by molar-refractivity contribution is 0.0520. The molecular formula is C13H20N2O2. The average Bonchev–Trinajstić information content (AvgIpc) is 3.00. The molecule has 0 saturated heterocycles. The molecular weight excluding hydrogens is 216 g/mol. The molecule has 1 fully saturated rings. The highest BCUT2D eigenvalue weighted by Gasteiger charge is 2.23. The first-order valence-corrected chi connectivity index (χ1v) is 6.43. The largest absolute Gasteiger partial charge is 0.461 e. The number of aromatic nitrogens is 2. The van der Waals surface area contributed by atoms with Crippen molar-refractivity contribution in [3.05, 3.63) is 18.2 Å². The first-order chi connectivity index (χ1) is 8.22. The van der Waals surface area contributed by atoms with E-state index in [-0.39, 0.29) is 5.97 Å². The molecule has 1 saturated carbocycles. The van der Waals surface area contributed by atoms with Crippen LogP contribution in [-0.2, 0) is 4.74 Å². The first-order valence-electron chi connectivity index (χ1n) is 6.43. The SMILES string of the molecule is CCOC(=O)c1cn([C@H](C)C2CCCC2)cn1. The standard InChI is InChI=1S/C13H20N2O2/c1-3-17-13(16)12-8-15(9-14-12)10(2)11-6-4-5-7-11/h8-11H,3-7H2,1-2H3/t10-/m1/s1. The van der Waals surface area contributed by atoms with Gasteiger partial charge < -0.3 is 9.30 Å². The van der Waals surface area contributed by atoms with E-state index < -0.39 is 0 Å². The molecule has 0 amide bonds. The predicted molar refractivity (Wildman–Crippen MR) is 64.9 cm³/mol. The van der Waals surface area contributed by atoms with Crippen molar-refractivity contribution in [3.63, 3.8) is 0 Å². The Hall–Kier alpha value is -1.32. The van der Waals surface area contributed by atoms with E-state index in [4.69, 9.17) is 4.74 Å². The maximum atomic E-state index is 11.5. The number of ether oxygens (including phenoxy) is 1. The van der Waals surface area contributed by atoms with Crippen LogP contribution in [0.15, 0.2) is 12.5 Å². The van der Waals surface area contributed by atoms with E-state index in [0.29, 0.717) is 18.3 Å². The van der Waals surface area contributed by atoms with Crippen LogP contribution in [0, 0.1) is 5.92 Å². The Morgan fingerprint density at radius 1 is 1.59 bits per heavy atom. The zero-order valence-corrected chi connectivity index (χ0v) is 10.6. The Labute approximate surface area is 102 Å². The zero-order valence-electron chi connectivity index (χ0n) is 10.6. The molecule has 17 heavy (non-hydrogen) atoms. The van der Waals surface area contributed by atoms with E-state index in [9.17, 15) is 4.79 Å². The van der Waals surface area contributed by atoms with Gasteiger partial charge in [0.2, 0.25) is 0 Å². The monoisotopic (exact) mass is 236 g/mol. The summed E-state index contributed by atoms with van der Waals surface area (Å²) in [6.45, 7) is 4.40. The van der Waals surface area contributed by atoms with Gasteiger partial charge in [0.25, 0.3) is 0 Å². The van der Waals surface area contributed by atoms with Gasteiger partial charge in [0, 0.05) is 12.2 Å². The van der Waals surface area contributed by atoms with Crippen molar-refractivity contribution in [1.82, 2.24) is 9.55 Å². The molecule has 4 nitrogen and oxygen atoms in total. The van der Waals surface area contributed by atoms with Crippen LogP contribution in [0.5, 0.6) is 0 Å². The molecule has 0 aliphatic heterocycles. The highest BCUT2D eigenvalue weighted by molar-refractivity contribution is 5.86. The van der Waals surface area contributed by atoms with Crippen LogP contribution in [0.4, 0.5) is 0 Å². The van der Waals surface area contributed by atoms with E-state index in [2.05, 4.69) is 11.9 Å². The maximum Gasteiger partial charge on any atom is 0.358 e. The van der Waals surface area contributed by atoms with Gasteiger partial charge in [-0.3, -0.25) is 0 Å². The molecule has 1 aliphatic rings. The third-order valence-electron chi connectivity index (χ3n) is 3.64. The van der Waals surface area contributed by atoms with Crippen molar-refractivity contribution < 1.29 is 9.53 Å². The van der Waals surface area contributed by atoms with E-state index in [0.717, 1.165) is 5.92 Å². The van der Waals surface area contributed by atoms with Gasteiger partial charge in [0.15, 0.2) is 5.69 Å². The van der Waals surface area contributed by atoms with Gasteiger partial charge in [-0.05, 0) is 32.6 Å². The van der Waals surface area contributed by atoms with Crippen LogP contribution >= 0.6 is 0 Å². The molecule has 94 valence electrons. The van der Waals surface area contributed by atoms with Crippen LogP contribution in [-0.4, -0.2) is 22.1 Å². The maximum absolute atomic E-state index is 11.5. The second-order valence-corrected chi connectivity index (χ2v) is 4.71. The van der Waals surface area contributed by atoms with Crippen molar-refractivity contribution in [1.29, 1.82) is 0 Å². The van der Waals surface area contributed by atoms with Crippen molar-refractivity contribution in [3.8, 4) is 0 Å². The van der Waals surface area contributed by atoms with Gasteiger partial charge in [0.05, 0.1) is 12.9 Å². The van der Waals surface area contributed by atoms with E-state index in [1.165, 1.54) is 25.7 Å². The molecule has 0 bridgehead atoms. The number of imidazole rings is 1. The molecule has 2 rings (SSSR count). The van der Waals surface area contributed by atoms with E-state index in [1.807, 2.05) is 4.57 Å².